The van der Waals surface area contributed by atoms with Crippen LogP contribution in [0.25, 0.3) is 0 Å². The Kier molecular flexibility index (Phi) is 7.34. The Labute approximate surface area is 103 Å². The fourth-order valence-electron chi connectivity index (χ4n) is 1.22. The van der Waals surface area contributed by atoms with Gasteiger partial charge in [-0.05, 0) is 40.7 Å². The van der Waals surface area contributed by atoms with E-state index in [2.05, 4.69) is 5.32 Å². The van der Waals surface area contributed by atoms with Crippen molar-refractivity contribution in [1.82, 2.24) is 5.32 Å². The van der Waals surface area contributed by atoms with Crippen LogP contribution in [0.1, 0.15) is 34.1 Å². The zero-order chi connectivity index (χ0) is 13.5. The van der Waals surface area contributed by atoms with Gasteiger partial charge in [-0.15, -0.1) is 0 Å². The first-order chi connectivity index (χ1) is 7.76. The zero-order valence-corrected chi connectivity index (χ0v) is 11.4. The van der Waals surface area contributed by atoms with Crippen molar-refractivity contribution in [1.29, 1.82) is 0 Å². The second kappa shape index (κ2) is 7.63. The highest BCUT2D eigenvalue weighted by molar-refractivity contribution is 5.75. The highest BCUT2D eigenvalue weighted by Gasteiger charge is 2.21. The van der Waals surface area contributed by atoms with E-state index in [1.807, 2.05) is 20.8 Å². The molecule has 0 aliphatic heterocycles. The van der Waals surface area contributed by atoms with Gasteiger partial charge in [0.15, 0.2) is 0 Å². The van der Waals surface area contributed by atoms with E-state index in [-0.39, 0.29) is 12.0 Å². The predicted octanol–water partition coefficient (Wildman–Crippen LogP) is 0.704. The number of hydrogen-bond donors (Lipinski definition) is 2. The van der Waals surface area contributed by atoms with Crippen LogP contribution in [0.4, 0.5) is 0 Å². The Hall–Kier alpha value is -0.650. The molecule has 17 heavy (non-hydrogen) atoms. The second-order valence-electron chi connectivity index (χ2n) is 5.11. The maximum Gasteiger partial charge on any atom is 0.323 e. The Balaban J connectivity index is 3.78. The van der Waals surface area contributed by atoms with Crippen LogP contribution in [0, 0.1) is 0 Å². The highest BCUT2D eigenvalue weighted by atomic mass is 16.6. The van der Waals surface area contributed by atoms with Gasteiger partial charge < -0.3 is 19.9 Å². The fourth-order valence-corrected chi connectivity index (χ4v) is 1.22. The van der Waals surface area contributed by atoms with Gasteiger partial charge in [0.05, 0.1) is 12.7 Å². The first-order valence-electron chi connectivity index (χ1n) is 5.89. The van der Waals surface area contributed by atoms with Gasteiger partial charge in [0.25, 0.3) is 0 Å². The molecule has 5 nitrogen and oxygen atoms in total. The minimum atomic E-state index is -0.502. The minimum Gasteiger partial charge on any atom is -0.459 e. The van der Waals surface area contributed by atoms with E-state index in [1.165, 1.54) is 0 Å². The van der Waals surface area contributed by atoms with Crippen LogP contribution in [-0.2, 0) is 14.3 Å². The van der Waals surface area contributed by atoms with Crippen LogP contribution < -0.4 is 5.32 Å². The first-order valence-corrected chi connectivity index (χ1v) is 5.89. The number of nitrogens with one attached hydrogen (secondary N) is 1. The molecule has 0 saturated carbocycles. The summed E-state index contributed by atoms with van der Waals surface area (Å²) < 4.78 is 10.0. The summed E-state index contributed by atoms with van der Waals surface area (Å²) in [5.74, 6) is -0.279. The maximum absolute atomic E-state index is 11.6. The third-order valence-electron chi connectivity index (χ3n) is 2.05. The van der Waals surface area contributed by atoms with E-state index in [9.17, 15) is 9.90 Å². The van der Waals surface area contributed by atoms with E-state index in [0.29, 0.717) is 19.6 Å². The van der Waals surface area contributed by atoms with E-state index >= 15 is 0 Å². The van der Waals surface area contributed by atoms with E-state index in [4.69, 9.17) is 9.47 Å². The smallest absolute Gasteiger partial charge is 0.323 e. The molecular weight excluding hydrogens is 222 g/mol. The normalized spacial score (nSPS) is 15.4. The minimum absolute atomic E-state index is 0.279. The van der Waals surface area contributed by atoms with Gasteiger partial charge in [0, 0.05) is 7.11 Å². The molecule has 102 valence electrons. The summed E-state index contributed by atoms with van der Waals surface area (Å²) in [5.41, 5.74) is -0.470. The van der Waals surface area contributed by atoms with Crippen molar-refractivity contribution in [2.45, 2.75) is 51.9 Å². The molecule has 0 aromatic rings. The monoisotopic (exact) mass is 247 g/mol. The van der Waals surface area contributed by atoms with Crippen LogP contribution in [0.15, 0.2) is 0 Å². The topological polar surface area (TPSA) is 67.8 Å². The zero-order valence-electron chi connectivity index (χ0n) is 11.4. The van der Waals surface area contributed by atoms with Gasteiger partial charge >= 0.3 is 5.97 Å². The quantitative estimate of drug-likeness (QED) is 0.648. The Morgan fingerprint density at radius 2 is 2.00 bits per heavy atom. The van der Waals surface area contributed by atoms with E-state index < -0.39 is 11.7 Å². The summed E-state index contributed by atoms with van der Waals surface area (Å²) in [7, 11) is 1.54. The number of carbonyl (C=O) groups is 1. The highest BCUT2D eigenvalue weighted by Crippen LogP contribution is 2.08. The summed E-state index contributed by atoms with van der Waals surface area (Å²) in [6.07, 6.45) is 0.0411. The van der Waals surface area contributed by atoms with Crippen molar-refractivity contribution in [3.05, 3.63) is 0 Å². The molecule has 0 bridgehead atoms. The molecule has 0 amide bonds. The summed E-state index contributed by atoms with van der Waals surface area (Å²) in [6, 6.07) is -0.371. The fraction of sp³-hybridized carbons (Fsp3) is 0.917. The molecule has 0 aromatic heterocycles. The molecule has 0 aliphatic rings. The van der Waals surface area contributed by atoms with Gasteiger partial charge in [0.2, 0.25) is 0 Å². The summed E-state index contributed by atoms with van der Waals surface area (Å²) in [4.78, 5) is 11.6. The lowest BCUT2D eigenvalue weighted by atomic mass is 10.2. The Morgan fingerprint density at radius 1 is 1.41 bits per heavy atom. The number of aliphatic hydroxyl groups excluding tert-OH is 1. The lowest BCUT2D eigenvalue weighted by molar-refractivity contribution is -0.157. The van der Waals surface area contributed by atoms with Crippen LogP contribution in [-0.4, -0.2) is 49.1 Å². The van der Waals surface area contributed by atoms with Gasteiger partial charge in [-0.2, -0.15) is 0 Å². The first kappa shape index (κ1) is 16.4. The van der Waals surface area contributed by atoms with Crippen molar-refractivity contribution in [2.24, 2.45) is 0 Å². The SMILES string of the molecule is COCC(O)CCNC(C)C(=O)OC(C)(C)C. The van der Waals surface area contributed by atoms with Crippen molar-refractivity contribution in [3.8, 4) is 0 Å². The number of hydrogen-bond acceptors (Lipinski definition) is 5. The molecule has 0 aromatic carbocycles. The Morgan fingerprint density at radius 3 is 2.47 bits per heavy atom. The molecule has 0 heterocycles. The third kappa shape index (κ3) is 9.09. The second-order valence-corrected chi connectivity index (χ2v) is 5.11. The molecule has 0 spiro atoms. The summed E-state index contributed by atoms with van der Waals surface area (Å²) in [5, 5.41) is 12.4. The number of carbonyl (C=O) groups excluding carboxylic acids is 1. The molecule has 5 heteroatoms. The standard InChI is InChI=1S/C12H25NO4/c1-9(11(15)17-12(2,3)4)13-7-6-10(14)8-16-5/h9-10,13-14H,6-8H2,1-5H3. The largest absolute Gasteiger partial charge is 0.459 e. The molecule has 2 unspecified atom stereocenters. The number of aliphatic hydroxyl groups is 1. The molecule has 0 radical (unpaired) electrons. The molecule has 2 N–H and O–H groups in total. The van der Waals surface area contributed by atoms with Crippen LogP contribution >= 0.6 is 0 Å². The molecule has 0 fully saturated rings. The van der Waals surface area contributed by atoms with Crippen molar-refractivity contribution in [2.75, 3.05) is 20.3 Å². The van der Waals surface area contributed by atoms with Gasteiger partial charge in [-0.3, -0.25) is 4.79 Å². The number of ether oxygens (including phenoxy) is 2. The van der Waals surface area contributed by atoms with E-state index in [0.717, 1.165) is 0 Å². The lowest BCUT2D eigenvalue weighted by Gasteiger charge is -2.23. The average Bonchev–Trinajstić information content (AvgIpc) is 2.15. The number of esters is 1. The van der Waals surface area contributed by atoms with Crippen LogP contribution in [0.2, 0.25) is 0 Å². The average molecular weight is 247 g/mol. The number of rotatable bonds is 7. The number of methoxy groups -OCH3 is 1. The Bertz CT molecular complexity index is 225. The maximum atomic E-state index is 11.6. The van der Waals surface area contributed by atoms with Gasteiger partial charge in [-0.25, -0.2) is 0 Å². The van der Waals surface area contributed by atoms with Gasteiger partial charge in [0.1, 0.15) is 11.6 Å². The van der Waals surface area contributed by atoms with Gasteiger partial charge in [-0.1, -0.05) is 0 Å². The third-order valence-corrected chi connectivity index (χ3v) is 2.05. The molecule has 0 aliphatic carbocycles. The molecule has 2 atom stereocenters. The van der Waals surface area contributed by atoms with Crippen LogP contribution in [0.3, 0.4) is 0 Å². The lowest BCUT2D eigenvalue weighted by Crippen LogP contribution is -2.40. The van der Waals surface area contributed by atoms with Crippen molar-refractivity contribution < 1.29 is 19.4 Å². The van der Waals surface area contributed by atoms with Crippen molar-refractivity contribution in [3.63, 3.8) is 0 Å². The van der Waals surface area contributed by atoms with E-state index in [1.54, 1.807) is 14.0 Å². The summed E-state index contributed by atoms with van der Waals surface area (Å²) >= 11 is 0. The summed E-state index contributed by atoms with van der Waals surface area (Å²) in [6.45, 7) is 8.10. The van der Waals surface area contributed by atoms with Crippen molar-refractivity contribution >= 4 is 5.97 Å². The predicted molar refractivity (Wildman–Crippen MR) is 65.8 cm³/mol. The van der Waals surface area contributed by atoms with Crippen LogP contribution in [0.5, 0.6) is 0 Å². The molecule has 0 rings (SSSR count). The molecular formula is C12H25NO4. The molecule has 0 saturated heterocycles.